The van der Waals surface area contributed by atoms with Crippen molar-refractivity contribution in [3.63, 3.8) is 0 Å². The van der Waals surface area contributed by atoms with Gasteiger partial charge in [-0.05, 0) is 42.3 Å². The van der Waals surface area contributed by atoms with Crippen molar-refractivity contribution in [2.45, 2.75) is 33.5 Å². The van der Waals surface area contributed by atoms with Crippen LogP contribution in [0.5, 0.6) is 5.75 Å². The van der Waals surface area contributed by atoms with Crippen molar-refractivity contribution in [3.8, 4) is 17.4 Å². The Labute approximate surface area is 202 Å². The molecule has 0 amide bonds. The number of aromatic nitrogens is 1. The zero-order valence-corrected chi connectivity index (χ0v) is 19.5. The van der Waals surface area contributed by atoms with Gasteiger partial charge in [-0.3, -0.25) is 4.79 Å². The minimum absolute atomic E-state index is 0.243. The normalized spacial score (nSPS) is 12.3. The van der Waals surface area contributed by atoms with Gasteiger partial charge >= 0.3 is 5.97 Å². The van der Waals surface area contributed by atoms with Crippen molar-refractivity contribution in [2.75, 3.05) is 0 Å². The summed E-state index contributed by atoms with van der Waals surface area (Å²) in [5, 5.41) is 13.5. The number of ether oxygens (including phenoxy) is 1. The van der Waals surface area contributed by atoms with Crippen LogP contribution in [0.4, 0.5) is 0 Å². The molecule has 8 heteroatoms. The summed E-state index contributed by atoms with van der Waals surface area (Å²) >= 11 is 0. The number of rotatable bonds is 11. The van der Waals surface area contributed by atoms with E-state index in [4.69, 9.17) is 18.4 Å². The average Bonchev–Trinajstić information content (AvgIpc) is 3.53. The SMILES string of the molecule is Cc1oc(-c2ccco2)nc1COc1ccc(CON=C(CC(C)C(=O)O)c2ccccc2)cc1. The lowest BCUT2D eigenvalue weighted by atomic mass is 9.99. The van der Waals surface area contributed by atoms with E-state index in [9.17, 15) is 9.90 Å². The third-order valence-corrected chi connectivity index (χ3v) is 5.36. The third-order valence-electron chi connectivity index (χ3n) is 5.36. The first kappa shape index (κ1) is 23.8. The molecular formula is C27H26N2O6. The number of oxime groups is 1. The van der Waals surface area contributed by atoms with E-state index in [2.05, 4.69) is 10.1 Å². The number of carbonyl (C=O) groups is 1. The summed E-state index contributed by atoms with van der Waals surface area (Å²) in [4.78, 5) is 21.3. The highest BCUT2D eigenvalue weighted by molar-refractivity contribution is 6.01. The summed E-state index contributed by atoms with van der Waals surface area (Å²) < 4.78 is 16.8. The summed E-state index contributed by atoms with van der Waals surface area (Å²) in [5.74, 6) is 0.899. The maximum atomic E-state index is 11.3. The fourth-order valence-electron chi connectivity index (χ4n) is 3.30. The first-order valence-corrected chi connectivity index (χ1v) is 11.2. The molecule has 0 fully saturated rings. The Kier molecular flexibility index (Phi) is 7.62. The average molecular weight is 475 g/mol. The van der Waals surface area contributed by atoms with Gasteiger partial charge in [0.1, 0.15) is 30.4 Å². The molecule has 180 valence electrons. The second kappa shape index (κ2) is 11.2. The van der Waals surface area contributed by atoms with Crippen LogP contribution in [0.25, 0.3) is 11.7 Å². The molecule has 0 saturated heterocycles. The van der Waals surface area contributed by atoms with Crippen LogP contribution >= 0.6 is 0 Å². The Morgan fingerprint density at radius 3 is 2.51 bits per heavy atom. The molecule has 8 nitrogen and oxygen atoms in total. The molecule has 0 aliphatic carbocycles. The first-order chi connectivity index (χ1) is 17.0. The van der Waals surface area contributed by atoms with Gasteiger partial charge in [0, 0.05) is 6.42 Å². The van der Waals surface area contributed by atoms with Crippen molar-refractivity contribution < 1.29 is 28.3 Å². The number of furan rings is 1. The predicted octanol–water partition coefficient (Wildman–Crippen LogP) is 5.85. The number of oxazole rings is 1. The first-order valence-electron chi connectivity index (χ1n) is 11.2. The smallest absolute Gasteiger partial charge is 0.306 e. The van der Waals surface area contributed by atoms with Crippen molar-refractivity contribution in [3.05, 3.63) is 95.6 Å². The summed E-state index contributed by atoms with van der Waals surface area (Å²) in [6.07, 6.45) is 1.84. The Morgan fingerprint density at radius 2 is 1.83 bits per heavy atom. The number of benzene rings is 2. The van der Waals surface area contributed by atoms with E-state index in [1.807, 2.05) is 61.5 Å². The predicted molar refractivity (Wildman–Crippen MR) is 129 cm³/mol. The van der Waals surface area contributed by atoms with E-state index in [1.54, 1.807) is 25.3 Å². The second-order valence-corrected chi connectivity index (χ2v) is 8.05. The lowest BCUT2D eigenvalue weighted by molar-refractivity contribution is -0.140. The summed E-state index contributed by atoms with van der Waals surface area (Å²) in [6.45, 7) is 3.99. The molecule has 1 atom stereocenters. The molecule has 35 heavy (non-hydrogen) atoms. The molecule has 2 aromatic carbocycles. The standard InChI is InChI=1S/C27H26N2O6/c1-18(27(30)31)15-23(21-7-4-3-5-8-21)29-34-16-20-10-12-22(13-11-20)33-17-24-19(2)35-26(28-24)25-9-6-14-32-25/h3-14,18H,15-17H2,1-2H3,(H,30,31). The molecule has 2 aromatic heterocycles. The number of carboxylic acids is 1. The van der Waals surface area contributed by atoms with Crippen LogP contribution in [0.2, 0.25) is 0 Å². The van der Waals surface area contributed by atoms with Crippen LogP contribution in [0.3, 0.4) is 0 Å². The number of carboxylic acid groups (broad SMARTS) is 1. The van der Waals surface area contributed by atoms with Crippen LogP contribution in [-0.4, -0.2) is 21.8 Å². The Bertz CT molecular complexity index is 1260. The fraction of sp³-hybridized carbons (Fsp3) is 0.222. The van der Waals surface area contributed by atoms with Crippen molar-refractivity contribution in [1.29, 1.82) is 0 Å². The molecule has 2 heterocycles. The lowest BCUT2D eigenvalue weighted by Gasteiger charge is -2.10. The third kappa shape index (κ3) is 6.38. The van der Waals surface area contributed by atoms with E-state index in [-0.39, 0.29) is 19.6 Å². The summed E-state index contributed by atoms with van der Waals surface area (Å²) in [6, 6.07) is 20.5. The molecule has 4 rings (SSSR count). The number of nitrogens with zero attached hydrogens (tertiary/aromatic N) is 2. The van der Waals surface area contributed by atoms with E-state index in [0.717, 1.165) is 11.1 Å². The van der Waals surface area contributed by atoms with Gasteiger partial charge in [0.05, 0.1) is 17.9 Å². The van der Waals surface area contributed by atoms with Crippen molar-refractivity contribution in [1.82, 2.24) is 4.98 Å². The van der Waals surface area contributed by atoms with Gasteiger partial charge in [-0.15, -0.1) is 0 Å². The van der Waals surface area contributed by atoms with Crippen LogP contribution < -0.4 is 4.74 Å². The highest BCUT2D eigenvalue weighted by Crippen LogP contribution is 2.23. The number of aliphatic carboxylic acids is 1. The highest BCUT2D eigenvalue weighted by Gasteiger charge is 2.17. The minimum Gasteiger partial charge on any atom is -0.487 e. The number of hydrogen-bond donors (Lipinski definition) is 1. The number of aryl methyl sites for hydroxylation is 1. The molecule has 0 aliphatic heterocycles. The van der Waals surface area contributed by atoms with E-state index in [0.29, 0.717) is 34.6 Å². The fourth-order valence-corrected chi connectivity index (χ4v) is 3.30. The maximum Gasteiger partial charge on any atom is 0.306 e. The molecule has 1 unspecified atom stereocenters. The molecule has 0 bridgehead atoms. The van der Waals surface area contributed by atoms with Crippen molar-refractivity contribution in [2.24, 2.45) is 11.1 Å². The maximum absolute atomic E-state index is 11.3. The monoisotopic (exact) mass is 474 g/mol. The van der Waals surface area contributed by atoms with Crippen LogP contribution in [0, 0.1) is 12.8 Å². The Morgan fingerprint density at radius 1 is 1.06 bits per heavy atom. The quantitative estimate of drug-likeness (QED) is 0.214. The van der Waals surface area contributed by atoms with Crippen LogP contribution in [0.1, 0.15) is 35.9 Å². The van der Waals surface area contributed by atoms with E-state index in [1.165, 1.54) is 0 Å². The Balaban J connectivity index is 1.34. The molecule has 0 aliphatic rings. The molecule has 1 N–H and O–H groups in total. The largest absolute Gasteiger partial charge is 0.487 e. The van der Waals surface area contributed by atoms with E-state index >= 15 is 0 Å². The van der Waals surface area contributed by atoms with Gasteiger partial charge in [0.2, 0.25) is 0 Å². The van der Waals surface area contributed by atoms with Gasteiger partial charge in [-0.25, -0.2) is 4.98 Å². The van der Waals surface area contributed by atoms with Gasteiger partial charge in [0.25, 0.3) is 5.89 Å². The lowest BCUT2D eigenvalue weighted by Crippen LogP contribution is -2.15. The zero-order chi connectivity index (χ0) is 24.6. The van der Waals surface area contributed by atoms with E-state index < -0.39 is 11.9 Å². The zero-order valence-electron chi connectivity index (χ0n) is 19.5. The molecular weight excluding hydrogens is 448 g/mol. The topological polar surface area (TPSA) is 107 Å². The number of hydrogen-bond acceptors (Lipinski definition) is 7. The Hall–Kier alpha value is -4.33. The summed E-state index contributed by atoms with van der Waals surface area (Å²) in [5.41, 5.74) is 3.03. The van der Waals surface area contributed by atoms with Gasteiger partial charge < -0.3 is 23.5 Å². The summed E-state index contributed by atoms with van der Waals surface area (Å²) in [7, 11) is 0. The van der Waals surface area contributed by atoms with Gasteiger partial charge in [-0.1, -0.05) is 54.5 Å². The van der Waals surface area contributed by atoms with Gasteiger partial charge in [-0.2, -0.15) is 0 Å². The minimum atomic E-state index is -0.873. The molecule has 0 spiro atoms. The highest BCUT2D eigenvalue weighted by atomic mass is 16.6. The van der Waals surface area contributed by atoms with Crippen LogP contribution in [0.15, 0.2) is 87.0 Å². The molecule has 0 radical (unpaired) electrons. The molecule has 0 saturated carbocycles. The van der Waals surface area contributed by atoms with Gasteiger partial charge in [0.15, 0.2) is 5.76 Å². The van der Waals surface area contributed by atoms with Crippen LogP contribution in [-0.2, 0) is 22.8 Å². The van der Waals surface area contributed by atoms with Crippen molar-refractivity contribution >= 4 is 11.7 Å². The second-order valence-electron chi connectivity index (χ2n) is 8.05. The molecule has 4 aromatic rings.